The number of furan rings is 1. The lowest BCUT2D eigenvalue weighted by atomic mass is 10.1. The first kappa shape index (κ1) is 22.9. The molecule has 2 aromatic heterocycles. The van der Waals surface area contributed by atoms with Gasteiger partial charge in [0, 0.05) is 37.4 Å². The van der Waals surface area contributed by atoms with E-state index in [9.17, 15) is 13.2 Å². The Hall–Kier alpha value is -1.34. The van der Waals surface area contributed by atoms with Gasteiger partial charge < -0.3 is 19.8 Å². The van der Waals surface area contributed by atoms with E-state index in [-0.39, 0.29) is 30.5 Å². The Morgan fingerprint density at radius 1 is 1.36 bits per heavy atom. The summed E-state index contributed by atoms with van der Waals surface area (Å²) in [5, 5.41) is 7.74. The number of alkyl halides is 3. The van der Waals surface area contributed by atoms with Crippen LogP contribution in [0.2, 0.25) is 0 Å². The number of nitrogens with one attached hydrogen (secondary N) is 2. The van der Waals surface area contributed by atoms with Gasteiger partial charge in [-0.15, -0.1) is 35.3 Å². The summed E-state index contributed by atoms with van der Waals surface area (Å²) in [6.07, 6.45) is -1.16. The van der Waals surface area contributed by atoms with E-state index in [0.29, 0.717) is 43.0 Å². The minimum atomic E-state index is -4.43. The Labute approximate surface area is 182 Å². The number of aliphatic imine (C=N–C) groups is 1. The van der Waals surface area contributed by atoms with Crippen LogP contribution in [0.15, 0.2) is 33.2 Å². The monoisotopic (exact) mass is 530 g/mol. The van der Waals surface area contributed by atoms with Crippen molar-refractivity contribution in [3.8, 4) is 0 Å². The van der Waals surface area contributed by atoms with Crippen LogP contribution < -0.4 is 10.6 Å². The van der Waals surface area contributed by atoms with Crippen molar-refractivity contribution in [1.82, 2.24) is 15.6 Å². The second kappa shape index (κ2) is 11.0. The van der Waals surface area contributed by atoms with Crippen LogP contribution in [0.3, 0.4) is 0 Å². The van der Waals surface area contributed by atoms with Gasteiger partial charge in [0.25, 0.3) is 0 Å². The number of hydrogen-bond donors (Lipinski definition) is 2. The quantitative estimate of drug-likeness (QED) is 0.325. The molecule has 0 radical (unpaired) electrons. The lowest BCUT2D eigenvalue weighted by Crippen LogP contribution is -2.40. The van der Waals surface area contributed by atoms with Gasteiger partial charge in [0.1, 0.15) is 10.8 Å². The highest BCUT2D eigenvalue weighted by molar-refractivity contribution is 14.0. The van der Waals surface area contributed by atoms with E-state index >= 15 is 0 Å². The van der Waals surface area contributed by atoms with Crippen molar-refractivity contribution < 1.29 is 22.3 Å². The Kier molecular flexibility index (Phi) is 9.02. The molecule has 11 heteroatoms. The highest BCUT2D eigenvalue weighted by Crippen LogP contribution is 2.30. The van der Waals surface area contributed by atoms with Gasteiger partial charge >= 0.3 is 6.18 Å². The van der Waals surface area contributed by atoms with Crippen LogP contribution in [0.25, 0.3) is 0 Å². The lowest BCUT2D eigenvalue weighted by molar-refractivity contribution is -0.140. The maximum Gasteiger partial charge on any atom is 0.434 e. The van der Waals surface area contributed by atoms with Crippen molar-refractivity contribution in [3.05, 3.63) is 40.2 Å². The summed E-state index contributed by atoms with van der Waals surface area (Å²) < 4.78 is 48.6. The van der Waals surface area contributed by atoms with Crippen LogP contribution in [0.1, 0.15) is 22.9 Å². The minimum Gasteiger partial charge on any atom is -0.469 e. The molecule has 2 N–H and O–H groups in total. The summed E-state index contributed by atoms with van der Waals surface area (Å²) in [5.41, 5.74) is -0.874. The number of thiazole rings is 1. The summed E-state index contributed by atoms with van der Waals surface area (Å²) in [6, 6.07) is 3.71. The molecule has 0 bridgehead atoms. The molecule has 1 atom stereocenters. The molecule has 1 fully saturated rings. The number of rotatable bonds is 7. The molecule has 3 heterocycles. The molecule has 1 unspecified atom stereocenters. The Bertz CT molecular complexity index is 731. The zero-order chi connectivity index (χ0) is 19.1. The Morgan fingerprint density at radius 2 is 2.21 bits per heavy atom. The van der Waals surface area contributed by atoms with E-state index in [1.165, 1.54) is 0 Å². The Balaban J connectivity index is 0.00000280. The van der Waals surface area contributed by atoms with Crippen molar-refractivity contribution in [2.45, 2.75) is 25.6 Å². The van der Waals surface area contributed by atoms with E-state index in [0.717, 1.165) is 35.5 Å². The van der Waals surface area contributed by atoms with Crippen LogP contribution >= 0.6 is 35.3 Å². The van der Waals surface area contributed by atoms with E-state index in [1.54, 1.807) is 6.26 Å². The molecular formula is C17H22F3IN4O2S. The van der Waals surface area contributed by atoms with Crippen molar-refractivity contribution in [2.75, 3.05) is 26.3 Å². The van der Waals surface area contributed by atoms with Crippen molar-refractivity contribution >= 4 is 41.3 Å². The first-order chi connectivity index (χ1) is 13.0. The van der Waals surface area contributed by atoms with Crippen LogP contribution in [-0.4, -0.2) is 37.2 Å². The van der Waals surface area contributed by atoms with Crippen molar-refractivity contribution in [2.24, 2.45) is 10.9 Å². The SMILES string of the molecule is FC(F)(F)c1csc(CN=C(NCCc2ccco2)NCC2CCOC2)n1.I. The molecule has 0 saturated carbocycles. The first-order valence-electron chi connectivity index (χ1n) is 8.64. The fourth-order valence-electron chi connectivity index (χ4n) is 2.58. The number of hydrogen-bond acceptors (Lipinski definition) is 5. The maximum absolute atomic E-state index is 12.7. The van der Waals surface area contributed by atoms with Gasteiger partial charge in [-0.25, -0.2) is 9.98 Å². The van der Waals surface area contributed by atoms with Crippen LogP contribution in [0.5, 0.6) is 0 Å². The predicted octanol–water partition coefficient (Wildman–Crippen LogP) is 3.69. The molecule has 1 saturated heterocycles. The average molecular weight is 530 g/mol. The van der Waals surface area contributed by atoms with Crippen molar-refractivity contribution in [1.29, 1.82) is 0 Å². The van der Waals surface area contributed by atoms with Gasteiger partial charge in [0.15, 0.2) is 11.7 Å². The maximum atomic E-state index is 12.7. The van der Waals surface area contributed by atoms with Crippen LogP contribution in [-0.2, 0) is 23.9 Å². The number of ether oxygens (including phenoxy) is 1. The third kappa shape index (κ3) is 7.24. The van der Waals surface area contributed by atoms with E-state index in [1.807, 2.05) is 12.1 Å². The second-order valence-corrected chi connectivity index (χ2v) is 7.10. The number of aromatic nitrogens is 1. The average Bonchev–Trinajstić information content (AvgIpc) is 3.39. The van der Waals surface area contributed by atoms with E-state index < -0.39 is 11.9 Å². The van der Waals surface area contributed by atoms with E-state index in [4.69, 9.17) is 9.15 Å². The number of guanidine groups is 1. The summed E-state index contributed by atoms with van der Waals surface area (Å²) in [7, 11) is 0. The highest BCUT2D eigenvalue weighted by Gasteiger charge is 2.33. The molecule has 0 amide bonds. The number of nitrogens with zero attached hydrogens (tertiary/aromatic N) is 2. The molecule has 6 nitrogen and oxygen atoms in total. The van der Waals surface area contributed by atoms with Gasteiger partial charge in [0.05, 0.1) is 19.4 Å². The van der Waals surface area contributed by atoms with Crippen LogP contribution in [0.4, 0.5) is 13.2 Å². The van der Waals surface area contributed by atoms with Gasteiger partial charge in [-0.2, -0.15) is 13.2 Å². The summed E-state index contributed by atoms with van der Waals surface area (Å²) >= 11 is 0.955. The molecular weight excluding hydrogens is 508 g/mol. The molecule has 0 aliphatic carbocycles. The fourth-order valence-corrected chi connectivity index (χ4v) is 3.30. The predicted molar refractivity (Wildman–Crippen MR) is 111 cm³/mol. The summed E-state index contributed by atoms with van der Waals surface area (Å²) in [6.45, 7) is 2.82. The number of halogens is 4. The van der Waals surface area contributed by atoms with Gasteiger partial charge in [0.2, 0.25) is 0 Å². The normalized spacial score (nSPS) is 17.4. The fraction of sp³-hybridized carbons (Fsp3) is 0.529. The summed E-state index contributed by atoms with van der Waals surface area (Å²) in [4.78, 5) is 7.98. The highest BCUT2D eigenvalue weighted by atomic mass is 127. The van der Waals surface area contributed by atoms with Crippen molar-refractivity contribution in [3.63, 3.8) is 0 Å². The first-order valence-corrected chi connectivity index (χ1v) is 9.52. The third-order valence-electron chi connectivity index (χ3n) is 4.04. The van der Waals surface area contributed by atoms with Gasteiger partial charge in [-0.05, 0) is 18.6 Å². The zero-order valence-corrected chi connectivity index (χ0v) is 18.1. The third-order valence-corrected chi connectivity index (χ3v) is 4.87. The standard InChI is InChI=1S/C17H21F3N4O2S.HI/c18-17(19,20)14-11-27-15(24-14)9-23-16(22-8-12-4-7-25-10-12)21-5-3-13-2-1-6-26-13;/h1-2,6,11-12H,3-5,7-10H2,(H2,21,22,23);1H. The van der Waals surface area contributed by atoms with Crippen LogP contribution in [0, 0.1) is 5.92 Å². The zero-order valence-electron chi connectivity index (χ0n) is 15.0. The topological polar surface area (TPSA) is 71.7 Å². The molecule has 156 valence electrons. The molecule has 2 aromatic rings. The van der Waals surface area contributed by atoms with E-state index in [2.05, 4.69) is 20.6 Å². The largest absolute Gasteiger partial charge is 0.469 e. The molecule has 28 heavy (non-hydrogen) atoms. The van der Waals surface area contributed by atoms with Gasteiger partial charge in [-0.3, -0.25) is 0 Å². The molecule has 0 aromatic carbocycles. The Morgan fingerprint density at radius 3 is 2.86 bits per heavy atom. The molecule has 1 aliphatic heterocycles. The minimum absolute atomic E-state index is 0. The molecule has 1 aliphatic rings. The summed E-state index contributed by atoms with van der Waals surface area (Å²) in [5.74, 6) is 1.79. The molecule has 3 rings (SSSR count). The van der Waals surface area contributed by atoms with Gasteiger partial charge in [-0.1, -0.05) is 0 Å². The smallest absolute Gasteiger partial charge is 0.434 e. The lowest BCUT2D eigenvalue weighted by Gasteiger charge is -2.14. The molecule has 0 spiro atoms. The second-order valence-electron chi connectivity index (χ2n) is 6.16.